The highest BCUT2D eigenvalue weighted by Crippen LogP contribution is 2.33. The van der Waals surface area contributed by atoms with Crippen molar-refractivity contribution in [2.75, 3.05) is 6.61 Å². The van der Waals surface area contributed by atoms with Crippen LogP contribution in [0.15, 0.2) is 61.7 Å². The Morgan fingerprint density at radius 3 is 2.39 bits per heavy atom. The maximum absolute atomic E-state index is 10.3. The molecule has 2 rings (SSSR count). The van der Waals surface area contributed by atoms with Crippen LogP contribution in [0.4, 0.5) is 0 Å². The lowest BCUT2D eigenvalue weighted by Crippen LogP contribution is -3.00. The van der Waals surface area contributed by atoms with Gasteiger partial charge in [0.05, 0.1) is 6.61 Å². The summed E-state index contributed by atoms with van der Waals surface area (Å²) in [7, 11) is 0. The maximum Gasteiger partial charge on any atom is 0.123 e. The van der Waals surface area contributed by atoms with Gasteiger partial charge in [-0.2, -0.15) is 0 Å². The van der Waals surface area contributed by atoms with Gasteiger partial charge < -0.3 is 26.8 Å². The van der Waals surface area contributed by atoms with Gasteiger partial charge in [-0.1, -0.05) is 56.9 Å². The average molecular weight is 444 g/mol. The summed E-state index contributed by atoms with van der Waals surface area (Å²) in [6, 6.07) is 11.8. The molecule has 0 fully saturated rings. The van der Waals surface area contributed by atoms with E-state index in [9.17, 15) is 5.11 Å². The molecular formula is C25H32BrO2-. The Bertz CT molecular complexity index is 752. The van der Waals surface area contributed by atoms with E-state index in [0.717, 1.165) is 53.9 Å². The molecule has 0 heterocycles. The number of unbranched alkanes of at least 4 members (excludes halogenated alkanes) is 4. The highest BCUT2D eigenvalue weighted by molar-refractivity contribution is 5.72. The largest absolute Gasteiger partial charge is 1.00 e. The van der Waals surface area contributed by atoms with E-state index in [2.05, 4.69) is 26.1 Å². The molecule has 2 aromatic rings. The first-order valence-electron chi connectivity index (χ1n) is 9.99. The van der Waals surface area contributed by atoms with E-state index >= 15 is 0 Å². The highest BCUT2D eigenvalue weighted by Gasteiger charge is 2.10. The number of rotatable bonds is 12. The number of hydrogen-bond donors (Lipinski definition) is 1. The zero-order valence-corrected chi connectivity index (χ0v) is 18.5. The monoisotopic (exact) mass is 443 g/mol. The molecule has 0 saturated carbocycles. The molecule has 0 atom stereocenters. The van der Waals surface area contributed by atoms with Crippen molar-refractivity contribution in [2.45, 2.75) is 51.9 Å². The topological polar surface area (TPSA) is 29.5 Å². The smallest absolute Gasteiger partial charge is 0.123 e. The number of aromatic hydroxyl groups is 1. The fourth-order valence-corrected chi connectivity index (χ4v) is 3.20. The molecular weight excluding hydrogens is 412 g/mol. The summed E-state index contributed by atoms with van der Waals surface area (Å²) >= 11 is 0. The van der Waals surface area contributed by atoms with Crippen molar-refractivity contribution in [1.29, 1.82) is 0 Å². The van der Waals surface area contributed by atoms with Crippen LogP contribution in [-0.4, -0.2) is 11.7 Å². The van der Waals surface area contributed by atoms with E-state index in [1.807, 2.05) is 36.4 Å². The summed E-state index contributed by atoms with van der Waals surface area (Å²) in [5.41, 5.74) is 4.07. The van der Waals surface area contributed by atoms with Gasteiger partial charge in [0.1, 0.15) is 11.5 Å². The molecule has 0 saturated heterocycles. The first-order valence-corrected chi connectivity index (χ1v) is 9.99. The summed E-state index contributed by atoms with van der Waals surface area (Å²) < 4.78 is 6.03. The zero-order valence-electron chi connectivity index (χ0n) is 16.9. The minimum absolute atomic E-state index is 0. The van der Waals surface area contributed by atoms with Crippen molar-refractivity contribution < 1.29 is 26.8 Å². The number of benzene rings is 2. The number of phenols is 1. The molecule has 0 aliphatic carbocycles. The van der Waals surface area contributed by atoms with Crippen LogP contribution in [-0.2, 0) is 12.8 Å². The summed E-state index contributed by atoms with van der Waals surface area (Å²) in [4.78, 5) is 0. The third-order valence-corrected chi connectivity index (χ3v) is 4.68. The van der Waals surface area contributed by atoms with Gasteiger partial charge in [-0.15, -0.1) is 13.2 Å². The average Bonchev–Trinajstić information content (AvgIpc) is 2.67. The van der Waals surface area contributed by atoms with E-state index < -0.39 is 0 Å². The Morgan fingerprint density at radius 1 is 0.929 bits per heavy atom. The molecule has 2 aromatic carbocycles. The first-order chi connectivity index (χ1) is 13.2. The molecule has 3 heteroatoms. The van der Waals surface area contributed by atoms with Crippen molar-refractivity contribution >= 4 is 0 Å². The van der Waals surface area contributed by atoms with Crippen LogP contribution >= 0.6 is 0 Å². The van der Waals surface area contributed by atoms with Crippen LogP contribution in [0, 0.1) is 0 Å². The lowest BCUT2D eigenvalue weighted by Gasteiger charge is -2.14. The lowest BCUT2D eigenvalue weighted by molar-refractivity contribution is -0.00000701. The van der Waals surface area contributed by atoms with Crippen molar-refractivity contribution in [1.82, 2.24) is 0 Å². The second-order valence-electron chi connectivity index (χ2n) is 6.92. The normalized spacial score (nSPS) is 10.2. The predicted octanol–water partition coefficient (Wildman–Crippen LogP) is 3.87. The maximum atomic E-state index is 10.3. The van der Waals surface area contributed by atoms with Gasteiger partial charge in [0.25, 0.3) is 0 Å². The third-order valence-electron chi connectivity index (χ3n) is 4.68. The fourth-order valence-electron chi connectivity index (χ4n) is 3.20. The van der Waals surface area contributed by atoms with E-state index in [4.69, 9.17) is 4.74 Å². The van der Waals surface area contributed by atoms with Gasteiger partial charge in [0.2, 0.25) is 0 Å². The minimum Gasteiger partial charge on any atom is -1.00 e. The van der Waals surface area contributed by atoms with Gasteiger partial charge in [-0.05, 0) is 60.2 Å². The quantitative estimate of drug-likeness (QED) is 0.398. The standard InChI is InChI=1S/C25H32O2.BrH/c1-4-7-8-9-10-17-27-25-16-14-21(19-22(25)12-6-3)23-18-20(11-5-2)13-15-24(23)26;/h5-6,13-16,18-19,26H,2-4,7-12,17H2,1H3;1H/p-1. The summed E-state index contributed by atoms with van der Waals surface area (Å²) in [6.45, 7) is 10.6. The molecule has 0 amide bonds. The molecule has 0 spiro atoms. The fraction of sp³-hybridized carbons (Fsp3) is 0.360. The number of ether oxygens (including phenoxy) is 1. The van der Waals surface area contributed by atoms with Crippen LogP contribution in [0.5, 0.6) is 11.5 Å². The molecule has 0 aliphatic rings. The van der Waals surface area contributed by atoms with E-state index in [1.54, 1.807) is 6.07 Å². The summed E-state index contributed by atoms with van der Waals surface area (Å²) in [5.74, 6) is 1.20. The summed E-state index contributed by atoms with van der Waals surface area (Å²) in [5, 5.41) is 10.3. The SMILES string of the molecule is C=CCc1ccc(O)c(-c2ccc(OCCCCCCC)c(CC=C)c2)c1.[Br-]. The van der Waals surface area contributed by atoms with Crippen LogP contribution in [0.2, 0.25) is 0 Å². The van der Waals surface area contributed by atoms with Crippen LogP contribution < -0.4 is 21.7 Å². The van der Waals surface area contributed by atoms with E-state index in [1.165, 1.54) is 25.7 Å². The van der Waals surface area contributed by atoms with Gasteiger partial charge >= 0.3 is 0 Å². The number of hydrogen-bond acceptors (Lipinski definition) is 2. The molecule has 152 valence electrons. The Morgan fingerprint density at radius 2 is 1.68 bits per heavy atom. The number of phenolic OH excluding ortho intramolecular Hbond substituents is 1. The lowest BCUT2D eigenvalue weighted by atomic mass is 9.97. The van der Waals surface area contributed by atoms with E-state index in [-0.39, 0.29) is 22.7 Å². The van der Waals surface area contributed by atoms with E-state index in [0.29, 0.717) is 0 Å². The van der Waals surface area contributed by atoms with Crippen molar-refractivity contribution in [3.8, 4) is 22.6 Å². The molecule has 0 aliphatic heterocycles. The van der Waals surface area contributed by atoms with Gasteiger partial charge in [-0.25, -0.2) is 0 Å². The zero-order chi connectivity index (χ0) is 19.5. The Hall–Kier alpha value is -2.00. The Balaban J connectivity index is 0.00000392. The molecule has 0 aromatic heterocycles. The third kappa shape index (κ3) is 7.20. The van der Waals surface area contributed by atoms with Crippen LogP contribution in [0.1, 0.15) is 50.2 Å². The molecule has 0 unspecified atom stereocenters. The second kappa shape index (κ2) is 13.2. The predicted molar refractivity (Wildman–Crippen MR) is 116 cm³/mol. The van der Waals surface area contributed by atoms with Crippen molar-refractivity contribution in [3.63, 3.8) is 0 Å². The van der Waals surface area contributed by atoms with Gasteiger partial charge in [0.15, 0.2) is 0 Å². The molecule has 0 bridgehead atoms. The minimum atomic E-state index is 0. The summed E-state index contributed by atoms with van der Waals surface area (Å²) in [6.07, 6.45) is 11.4. The highest BCUT2D eigenvalue weighted by atomic mass is 79.9. The van der Waals surface area contributed by atoms with Gasteiger partial charge in [0, 0.05) is 5.56 Å². The van der Waals surface area contributed by atoms with Crippen LogP contribution in [0.3, 0.4) is 0 Å². The van der Waals surface area contributed by atoms with Crippen LogP contribution in [0.25, 0.3) is 11.1 Å². The number of halogens is 1. The van der Waals surface area contributed by atoms with Crippen molar-refractivity contribution in [2.24, 2.45) is 0 Å². The molecule has 2 nitrogen and oxygen atoms in total. The van der Waals surface area contributed by atoms with Gasteiger partial charge in [-0.3, -0.25) is 0 Å². The molecule has 1 N–H and O–H groups in total. The Kier molecular flexibility index (Phi) is 11.4. The first kappa shape index (κ1) is 24.0. The number of allylic oxidation sites excluding steroid dienone is 2. The molecule has 0 radical (unpaired) electrons. The van der Waals surface area contributed by atoms with Crippen molar-refractivity contribution in [3.05, 3.63) is 72.8 Å². The Labute approximate surface area is 180 Å². The second-order valence-corrected chi connectivity index (χ2v) is 6.92. The molecule has 28 heavy (non-hydrogen) atoms.